The van der Waals surface area contributed by atoms with E-state index in [4.69, 9.17) is 30.8 Å². The van der Waals surface area contributed by atoms with Crippen molar-refractivity contribution < 1.29 is 44.8 Å². The molecule has 2 saturated heterocycles. The second-order valence-corrected chi connectivity index (χ2v) is 5.70. The smallest absolute Gasteiger partial charge is 0.176 e. The fourth-order valence-electron chi connectivity index (χ4n) is 2.65. The van der Waals surface area contributed by atoms with E-state index >= 15 is 0 Å². The van der Waals surface area contributed by atoms with Crippen molar-refractivity contribution in [3.8, 4) is 0 Å². The first-order chi connectivity index (χ1) is 10.8. The molecule has 2 aliphatic heterocycles. The van der Waals surface area contributed by atoms with E-state index in [1.54, 1.807) is 0 Å². The normalized spacial score (nSPS) is 51.7. The van der Waals surface area contributed by atoms with Crippen molar-refractivity contribution in [3.63, 3.8) is 0 Å². The van der Waals surface area contributed by atoms with Crippen molar-refractivity contribution in [3.05, 3.63) is 0 Å². The average Bonchev–Trinajstić information content (AvgIpc) is 2.55. The summed E-state index contributed by atoms with van der Waals surface area (Å²) in [5, 5.41) is 57.7. The highest BCUT2D eigenvalue weighted by atomic mass is 16.7. The number of nitrogens with two attached hydrogens (primary N) is 2. The lowest BCUT2D eigenvalue weighted by Crippen LogP contribution is -2.67. The molecule has 10 atom stereocenters. The number of hydrogen-bond acceptors (Lipinski definition) is 11. The molecule has 0 amide bonds. The first-order valence-electron chi connectivity index (χ1n) is 7.23. The number of ether oxygens (including phenoxy) is 3. The Balaban J connectivity index is 2.11. The van der Waals surface area contributed by atoms with Crippen LogP contribution in [0.25, 0.3) is 0 Å². The summed E-state index contributed by atoms with van der Waals surface area (Å²) in [5.41, 5.74) is 11.3. The van der Waals surface area contributed by atoms with E-state index < -0.39 is 74.5 Å². The second-order valence-electron chi connectivity index (χ2n) is 5.70. The summed E-state index contributed by atoms with van der Waals surface area (Å²) < 4.78 is 15.8. The fraction of sp³-hybridized carbons (Fsp3) is 1.00. The Morgan fingerprint density at radius 3 is 1.96 bits per heavy atom. The summed E-state index contributed by atoms with van der Waals surface area (Å²) in [6.45, 7) is -1.17. The van der Waals surface area contributed by atoms with Gasteiger partial charge in [-0.15, -0.1) is 0 Å². The van der Waals surface area contributed by atoms with Crippen LogP contribution in [0, 0.1) is 0 Å². The second kappa shape index (κ2) is 7.63. The summed E-state index contributed by atoms with van der Waals surface area (Å²) in [6.07, 6.45) is -10.5. The van der Waals surface area contributed by atoms with Gasteiger partial charge in [-0.05, 0) is 0 Å². The first kappa shape index (κ1) is 18.9. The van der Waals surface area contributed by atoms with Gasteiger partial charge in [0.1, 0.15) is 36.6 Å². The Bertz CT molecular complexity index is 386. The zero-order valence-electron chi connectivity index (χ0n) is 12.3. The maximum Gasteiger partial charge on any atom is 0.176 e. The van der Waals surface area contributed by atoms with Crippen molar-refractivity contribution in [2.75, 3.05) is 13.2 Å². The Morgan fingerprint density at radius 2 is 1.39 bits per heavy atom. The quantitative estimate of drug-likeness (QED) is 0.242. The third-order valence-corrected chi connectivity index (χ3v) is 4.14. The van der Waals surface area contributed by atoms with Crippen LogP contribution < -0.4 is 11.5 Å². The molecule has 2 rings (SSSR count). The highest BCUT2D eigenvalue weighted by molar-refractivity contribution is 4.95. The van der Waals surface area contributed by atoms with Gasteiger partial charge in [0.25, 0.3) is 0 Å². The molecule has 0 aromatic carbocycles. The van der Waals surface area contributed by atoms with Crippen molar-refractivity contribution in [1.29, 1.82) is 0 Å². The number of hydrogen-bond donors (Lipinski definition) is 8. The minimum atomic E-state index is -1.49. The summed E-state index contributed by atoms with van der Waals surface area (Å²) in [6, 6.07) is -2.37. The topological polar surface area (TPSA) is 201 Å². The number of rotatable bonds is 4. The average molecular weight is 340 g/mol. The third-order valence-electron chi connectivity index (χ3n) is 4.14. The molecule has 11 heteroatoms. The van der Waals surface area contributed by atoms with Crippen LogP contribution in [0.15, 0.2) is 0 Å². The van der Waals surface area contributed by atoms with Gasteiger partial charge in [0.05, 0.1) is 25.3 Å². The number of aliphatic hydroxyl groups is 6. The molecule has 0 saturated carbocycles. The van der Waals surface area contributed by atoms with Gasteiger partial charge in [0.2, 0.25) is 0 Å². The first-order valence-corrected chi connectivity index (χ1v) is 7.23. The molecule has 2 aliphatic rings. The lowest BCUT2D eigenvalue weighted by atomic mass is 9.95. The molecule has 0 spiro atoms. The molecular weight excluding hydrogens is 316 g/mol. The Kier molecular flexibility index (Phi) is 6.27. The van der Waals surface area contributed by atoms with Crippen LogP contribution in [-0.4, -0.2) is 105 Å². The van der Waals surface area contributed by atoms with Gasteiger partial charge >= 0.3 is 0 Å². The summed E-state index contributed by atoms with van der Waals surface area (Å²) in [7, 11) is 0. The molecule has 23 heavy (non-hydrogen) atoms. The van der Waals surface area contributed by atoms with Crippen LogP contribution in [0.3, 0.4) is 0 Å². The highest BCUT2D eigenvalue weighted by Crippen LogP contribution is 2.27. The molecule has 0 aromatic heterocycles. The predicted octanol–water partition coefficient (Wildman–Crippen LogP) is -5.46. The van der Waals surface area contributed by atoms with Gasteiger partial charge in [-0.3, -0.25) is 0 Å². The van der Waals surface area contributed by atoms with E-state index in [2.05, 4.69) is 0 Å². The van der Waals surface area contributed by atoms with Gasteiger partial charge < -0.3 is 56.3 Å². The predicted molar refractivity (Wildman–Crippen MR) is 72.6 cm³/mol. The van der Waals surface area contributed by atoms with Crippen molar-refractivity contribution in [2.24, 2.45) is 11.5 Å². The molecule has 0 bridgehead atoms. The van der Waals surface area contributed by atoms with E-state index in [0.29, 0.717) is 0 Å². The fourth-order valence-corrected chi connectivity index (χ4v) is 2.65. The minimum absolute atomic E-state index is 0.581. The largest absolute Gasteiger partial charge is 0.394 e. The maximum atomic E-state index is 10.1. The molecule has 0 radical (unpaired) electrons. The highest BCUT2D eigenvalue weighted by Gasteiger charge is 2.49. The van der Waals surface area contributed by atoms with Gasteiger partial charge in [-0.25, -0.2) is 0 Å². The van der Waals surface area contributed by atoms with Crippen LogP contribution in [-0.2, 0) is 14.2 Å². The Hall–Kier alpha value is -0.440. The Labute approximate surface area is 132 Å². The standard InChI is InChI=1S/C12H24N2O9/c13-5-9(19)10(4(2-16)21-11(5)20)23-12-6(14)8(18)7(17)3(1-15)22-12/h3-12,15-20H,1-2,13-14H2/t3?,4?,5?,6?,7?,8?,9?,10?,11-,12?/m1/s1. The lowest BCUT2D eigenvalue weighted by Gasteiger charge is -2.45. The van der Waals surface area contributed by atoms with Crippen LogP contribution >= 0.6 is 0 Å². The molecule has 0 aromatic rings. The molecule has 9 unspecified atom stereocenters. The molecule has 10 N–H and O–H groups in total. The van der Waals surface area contributed by atoms with E-state index in [9.17, 15) is 25.5 Å². The Morgan fingerprint density at radius 1 is 0.783 bits per heavy atom. The zero-order chi connectivity index (χ0) is 17.3. The molecule has 11 nitrogen and oxygen atoms in total. The van der Waals surface area contributed by atoms with E-state index in [1.165, 1.54) is 0 Å². The van der Waals surface area contributed by atoms with Crippen molar-refractivity contribution in [2.45, 2.75) is 61.3 Å². The van der Waals surface area contributed by atoms with Crippen molar-refractivity contribution >= 4 is 0 Å². The molecule has 136 valence electrons. The third kappa shape index (κ3) is 3.65. The maximum absolute atomic E-state index is 10.1. The summed E-state index contributed by atoms with van der Waals surface area (Å²) in [4.78, 5) is 0. The molecular formula is C12H24N2O9. The van der Waals surface area contributed by atoms with Crippen LogP contribution in [0.1, 0.15) is 0 Å². The van der Waals surface area contributed by atoms with Gasteiger partial charge in [-0.2, -0.15) is 0 Å². The SMILES string of the molecule is NC1C(OC2C(CO)O[C@@H](O)C(N)C2O)OC(CO)C(O)C1O. The van der Waals surface area contributed by atoms with Crippen LogP contribution in [0.5, 0.6) is 0 Å². The summed E-state index contributed by atoms with van der Waals surface area (Å²) >= 11 is 0. The number of aliphatic hydroxyl groups excluding tert-OH is 6. The van der Waals surface area contributed by atoms with Gasteiger partial charge in [-0.1, -0.05) is 0 Å². The molecule has 2 fully saturated rings. The minimum Gasteiger partial charge on any atom is -0.394 e. The lowest BCUT2D eigenvalue weighted by molar-refractivity contribution is -0.324. The molecule has 0 aliphatic carbocycles. The van der Waals surface area contributed by atoms with Crippen LogP contribution in [0.4, 0.5) is 0 Å². The summed E-state index contributed by atoms with van der Waals surface area (Å²) in [5.74, 6) is 0. The van der Waals surface area contributed by atoms with Crippen molar-refractivity contribution in [1.82, 2.24) is 0 Å². The van der Waals surface area contributed by atoms with Gasteiger partial charge in [0.15, 0.2) is 12.6 Å². The zero-order valence-corrected chi connectivity index (χ0v) is 12.3. The van der Waals surface area contributed by atoms with E-state index in [0.717, 1.165) is 0 Å². The van der Waals surface area contributed by atoms with E-state index in [-0.39, 0.29) is 0 Å². The monoisotopic (exact) mass is 340 g/mol. The van der Waals surface area contributed by atoms with E-state index in [1.807, 2.05) is 0 Å². The van der Waals surface area contributed by atoms with Crippen LogP contribution in [0.2, 0.25) is 0 Å². The molecule has 2 heterocycles. The van der Waals surface area contributed by atoms with Gasteiger partial charge in [0, 0.05) is 0 Å².